The van der Waals surface area contributed by atoms with Crippen LogP contribution >= 0.6 is 0 Å². The lowest BCUT2D eigenvalue weighted by Crippen LogP contribution is -2.62. The van der Waals surface area contributed by atoms with Crippen LogP contribution in [0.25, 0.3) is 17.2 Å². The number of aliphatic hydroxyl groups is 1. The van der Waals surface area contributed by atoms with Gasteiger partial charge in [-0.2, -0.15) is 0 Å². The fourth-order valence-electron chi connectivity index (χ4n) is 5.82. The first kappa shape index (κ1) is 38.9. The minimum atomic E-state index is -2.32. The molecule has 0 aliphatic carbocycles. The molecule has 0 amide bonds. The summed E-state index contributed by atoms with van der Waals surface area (Å²) < 4.78 is 27.2. The summed E-state index contributed by atoms with van der Waals surface area (Å²) in [6.07, 6.45) is -8.86. The molecule has 21 heteroatoms. The Morgan fingerprint density at radius 3 is 1.79 bits per heavy atom. The Kier molecular flexibility index (Phi) is 10.1. The van der Waals surface area contributed by atoms with Crippen LogP contribution in [-0.2, 0) is 28.5 Å². The van der Waals surface area contributed by atoms with Crippen molar-refractivity contribution < 1.29 is 104 Å². The van der Waals surface area contributed by atoms with Gasteiger partial charge >= 0.3 is 23.9 Å². The largest absolute Gasteiger partial charge is 0.504 e. The van der Waals surface area contributed by atoms with Gasteiger partial charge < -0.3 is 85.0 Å². The third-order valence-electron chi connectivity index (χ3n) is 8.63. The predicted molar refractivity (Wildman–Crippen MR) is 182 cm³/mol. The maximum atomic E-state index is 14.0. The van der Waals surface area contributed by atoms with Crippen molar-refractivity contribution in [2.75, 3.05) is 6.61 Å². The zero-order valence-corrected chi connectivity index (χ0v) is 28.3. The molecule has 0 spiro atoms. The van der Waals surface area contributed by atoms with E-state index in [9.17, 15) is 80.5 Å². The molecule has 4 aromatic rings. The number of aliphatic hydroxyl groups excluding tert-OH is 1. The number of fused-ring (bicyclic) bond motifs is 4. The lowest BCUT2D eigenvalue weighted by molar-refractivity contribution is -0.289. The Bertz CT molecular complexity index is 2340. The quantitative estimate of drug-likeness (QED) is 0.0587. The lowest BCUT2D eigenvalue weighted by atomic mass is 9.92. The number of carbonyl (C=O) groups excluding carboxylic acids is 4. The van der Waals surface area contributed by atoms with Crippen molar-refractivity contribution in [3.05, 3.63) is 70.8 Å². The van der Waals surface area contributed by atoms with Crippen LogP contribution in [0.4, 0.5) is 0 Å². The van der Waals surface area contributed by atoms with Crippen molar-refractivity contribution in [2.24, 2.45) is 0 Å². The van der Waals surface area contributed by atoms with Crippen molar-refractivity contribution in [3.63, 3.8) is 0 Å². The number of carbonyl (C=O) groups is 4. The summed E-state index contributed by atoms with van der Waals surface area (Å²) in [5, 5.41) is 123. The molecule has 1 fully saturated rings. The molecule has 2 aliphatic rings. The second-order valence-corrected chi connectivity index (χ2v) is 12.3. The highest BCUT2D eigenvalue weighted by Gasteiger charge is 2.52. The van der Waals surface area contributed by atoms with Crippen LogP contribution in [0.1, 0.15) is 36.6 Å². The number of phenolic OH excluding ortho intramolecular Hbond substituents is 11. The maximum Gasteiger partial charge on any atom is 0.339 e. The second kappa shape index (κ2) is 14.8. The van der Waals surface area contributed by atoms with Gasteiger partial charge in [0.2, 0.25) is 17.8 Å². The fraction of sp³-hybridized carbons (Fsp3) is 0.167. The van der Waals surface area contributed by atoms with Crippen LogP contribution < -0.4 is 0 Å². The maximum absolute atomic E-state index is 14.0. The molecule has 0 saturated carbocycles. The van der Waals surface area contributed by atoms with Crippen LogP contribution in [0, 0.1) is 0 Å². The van der Waals surface area contributed by atoms with E-state index < -0.39 is 152 Å². The number of benzene rings is 4. The van der Waals surface area contributed by atoms with E-state index in [1.165, 1.54) is 6.07 Å². The van der Waals surface area contributed by atoms with E-state index in [0.717, 1.165) is 24.3 Å². The highest BCUT2D eigenvalue weighted by molar-refractivity contribution is 6.08. The summed E-state index contributed by atoms with van der Waals surface area (Å²) in [6.45, 7) is -1.06. The van der Waals surface area contributed by atoms with Crippen LogP contribution in [0.3, 0.4) is 0 Å². The van der Waals surface area contributed by atoms with Gasteiger partial charge in [-0.15, -0.1) is 0 Å². The summed E-state index contributed by atoms with van der Waals surface area (Å²) in [6, 6.07) is 5.80. The molecule has 0 bridgehead atoms. The van der Waals surface area contributed by atoms with Crippen molar-refractivity contribution in [1.29, 1.82) is 0 Å². The molecular weight excluding hydrogens is 768 g/mol. The molecule has 298 valence electrons. The molecule has 0 aromatic heterocycles. The molecule has 1 saturated heterocycles. The van der Waals surface area contributed by atoms with E-state index in [1.54, 1.807) is 0 Å². The normalized spacial score (nSPS) is 20.5. The monoisotopic (exact) mass is 796 g/mol. The zero-order chi connectivity index (χ0) is 41.6. The summed E-state index contributed by atoms with van der Waals surface area (Å²) >= 11 is 0. The Labute approximate surface area is 316 Å². The highest BCUT2D eigenvalue weighted by Crippen LogP contribution is 2.53. The minimum absolute atomic E-state index is 0.179. The van der Waals surface area contributed by atoms with Gasteiger partial charge in [-0.3, -0.25) is 0 Å². The molecule has 2 heterocycles. The van der Waals surface area contributed by atoms with E-state index in [1.807, 2.05) is 0 Å². The van der Waals surface area contributed by atoms with Gasteiger partial charge in [-0.25, -0.2) is 19.2 Å². The van der Waals surface area contributed by atoms with E-state index in [4.69, 9.17) is 23.7 Å². The van der Waals surface area contributed by atoms with Gasteiger partial charge in [-0.1, -0.05) is 6.07 Å². The third kappa shape index (κ3) is 7.25. The smallest absolute Gasteiger partial charge is 0.339 e. The fourth-order valence-corrected chi connectivity index (χ4v) is 5.82. The SMILES string of the molecule is O=C(C=Cc1ccc(O)c(O)c1)O[C@@H]1O[C@@H]2COC(=O)c3cc(O)c(O)c(O)c3-c3c(cc(O)c(O)c3O)C(=O)O[C@H]2[C@H](OC(=O)c2cc(O)c(O)c(O)c2)[C@H]1O. The van der Waals surface area contributed by atoms with E-state index in [-0.39, 0.29) is 5.56 Å². The van der Waals surface area contributed by atoms with Gasteiger partial charge in [0.15, 0.2) is 70.1 Å². The molecule has 5 atom stereocenters. The Balaban J connectivity index is 1.45. The van der Waals surface area contributed by atoms with Gasteiger partial charge in [0.1, 0.15) is 12.7 Å². The molecule has 4 aromatic carbocycles. The van der Waals surface area contributed by atoms with Crippen LogP contribution in [0.2, 0.25) is 0 Å². The first-order valence-electron chi connectivity index (χ1n) is 16.0. The van der Waals surface area contributed by atoms with Gasteiger partial charge in [0.05, 0.1) is 16.7 Å². The molecule has 12 N–H and O–H groups in total. The Hall–Kier alpha value is -7.78. The van der Waals surface area contributed by atoms with E-state index in [2.05, 4.69) is 0 Å². The highest BCUT2D eigenvalue weighted by atomic mass is 16.7. The van der Waals surface area contributed by atoms with Crippen LogP contribution in [0.5, 0.6) is 63.2 Å². The molecule has 2 aliphatic heterocycles. The molecule has 0 unspecified atom stereocenters. The average Bonchev–Trinajstić information content (AvgIpc) is 3.18. The van der Waals surface area contributed by atoms with Crippen molar-refractivity contribution >= 4 is 30.0 Å². The number of hydrogen-bond acceptors (Lipinski definition) is 21. The second-order valence-electron chi connectivity index (χ2n) is 12.3. The summed E-state index contributed by atoms with van der Waals surface area (Å²) in [4.78, 5) is 53.9. The first-order valence-corrected chi connectivity index (χ1v) is 16.0. The Morgan fingerprint density at radius 2 is 1.21 bits per heavy atom. The van der Waals surface area contributed by atoms with Crippen molar-refractivity contribution in [3.8, 4) is 74.4 Å². The summed E-state index contributed by atoms with van der Waals surface area (Å²) in [7, 11) is 0. The van der Waals surface area contributed by atoms with Crippen LogP contribution in [0.15, 0.2) is 48.5 Å². The molecular formula is C36H28O21. The number of hydrogen-bond donors (Lipinski definition) is 12. The van der Waals surface area contributed by atoms with Gasteiger partial charge in [0, 0.05) is 17.2 Å². The van der Waals surface area contributed by atoms with Crippen LogP contribution in [-0.4, -0.2) is 122 Å². The van der Waals surface area contributed by atoms with Gasteiger partial charge in [-0.05, 0) is 48.0 Å². The number of esters is 4. The minimum Gasteiger partial charge on any atom is -0.504 e. The number of rotatable bonds is 5. The molecule has 57 heavy (non-hydrogen) atoms. The first-order chi connectivity index (χ1) is 26.9. The molecule has 0 radical (unpaired) electrons. The number of cyclic esters (lactones) is 1. The lowest BCUT2D eigenvalue weighted by Gasteiger charge is -2.42. The summed E-state index contributed by atoms with van der Waals surface area (Å²) in [5.41, 5.74) is -4.23. The Morgan fingerprint density at radius 1 is 0.649 bits per heavy atom. The van der Waals surface area contributed by atoms with Crippen molar-refractivity contribution in [2.45, 2.75) is 30.7 Å². The summed E-state index contributed by atoms with van der Waals surface area (Å²) in [5.74, 6) is -17.5. The third-order valence-corrected chi connectivity index (χ3v) is 8.63. The van der Waals surface area contributed by atoms with E-state index in [0.29, 0.717) is 24.3 Å². The van der Waals surface area contributed by atoms with E-state index >= 15 is 0 Å². The molecule has 6 rings (SSSR count). The number of phenols is 11. The molecule has 21 nitrogen and oxygen atoms in total. The average molecular weight is 797 g/mol. The predicted octanol–water partition coefficient (Wildman–Crippen LogP) is 1.38. The number of ether oxygens (including phenoxy) is 5. The zero-order valence-electron chi connectivity index (χ0n) is 28.3. The standard InChI is InChI=1S/C36H28O21/c37-15-3-1-11(5-16(15)38)2-4-22(43)55-36-30(49)32(57-33(50)12-6-17(39)25(44)18(40)7-12)31-21(54-36)10-53-34(51)13-8-19(41)26(45)28(47)23(13)24-14(35(52)56-31)9-20(42)27(46)29(24)48/h1-9,21,30-32,36-42,44-49H,10H2/t21-,30-,31-,32-,36+/m1/s1. The topological polar surface area (TPSA) is 357 Å². The van der Waals surface area contributed by atoms with Gasteiger partial charge in [0.25, 0.3) is 0 Å². The van der Waals surface area contributed by atoms with Crippen molar-refractivity contribution in [1.82, 2.24) is 0 Å². The number of aromatic hydroxyl groups is 11.